The molecule has 6 heteroatoms. The Morgan fingerprint density at radius 3 is 1.33 bits per heavy atom. The molecule has 0 fully saturated rings. The zero-order valence-corrected chi connectivity index (χ0v) is 10.2. The second-order valence-electron chi connectivity index (χ2n) is 2.11. The molecule has 0 aromatic carbocycles. The molecule has 0 saturated carbocycles. The molecule has 0 unspecified atom stereocenters. The van der Waals surface area contributed by atoms with Crippen LogP contribution in [0.5, 0.6) is 0 Å². The number of rotatable bonds is 7. The highest BCUT2D eigenvalue weighted by Gasteiger charge is 1.96. The lowest BCUT2D eigenvalue weighted by atomic mass is 10.7. The number of thiol groups is 4. The van der Waals surface area contributed by atoms with Crippen LogP contribution in [0.25, 0.3) is 0 Å². The summed E-state index contributed by atoms with van der Waals surface area (Å²) in [6.07, 6.45) is 0. The molecule has 0 bridgehead atoms. The first-order valence-electron chi connectivity index (χ1n) is 3.50. The van der Waals surface area contributed by atoms with E-state index in [4.69, 9.17) is 9.47 Å². The molecule has 0 aromatic heterocycles. The highest BCUT2D eigenvalue weighted by molar-refractivity contribution is 7.99. The summed E-state index contributed by atoms with van der Waals surface area (Å²) in [6.45, 7) is 2.18. The summed E-state index contributed by atoms with van der Waals surface area (Å²) in [5.74, 6) is 0. The highest BCUT2D eigenvalue weighted by atomic mass is 32.2. The molecule has 74 valence electrons. The van der Waals surface area contributed by atoms with E-state index in [-0.39, 0.29) is 9.16 Å². The van der Waals surface area contributed by atoms with Gasteiger partial charge >= 0.3 is 0 Å². The summed E-state index contributed by atoms with van der Waals surface area (Å²) in [7, 11) is 0. The maximum absolute atomic E-state index is 5.15. The van der Waals surface area contributed by atoms with Crippen LogP contribution >= 0.6 is 50.5 Å². The van der Waals surface area contributed by atoms with Crippen LogP contribution in [0.4, 0.5) is 0 Å². The number of hydrogen-bond donors (Lipinski definition) is 4. The minimum Gasteiger partial charge on any atom is -0.377 e. The molecule has 0 aromatic rings. The van der Waals surface area contributed by atoms with Crippen molar-refractivity contribution >= 4 is 50.5 Å². The van der Waals surface area contributed by atoms with Gasteiger partial charge in [0, 0.05) is 0 Å². The van der Waals surface area contributed by atoms with Crippen molar-refractivity contribution < 1.29 is 9.47 Å². The third kappa shape index (κ3) is 11.3. The second kappa shape index (κ2) is 8.90. The first-order valence-corrected chi connectivity index (χ1v) is 5.57. The Morgan fingerprint density at radius 1 is 0.750 bits per heavy atom. The molecule has 0 atom stereocenters. The van der Waals surface area contributed by atoms with Crippen molar-refractivity contribution in [2.24, 2.45) is 0 Å². The number of ether oxygens (including phenoxy) is 2. The van der Waals surface area contributed by atoms with Gasteiger partial charge < -0.3 is 9.47 Å². The SMILES string of the molecule is SC(S)COCCOCC(S)S. The largest absolute Gasteiger partial charge is 0.377 e. The standard InChI is InChI=1S/C6H14O2S4/c9-5(10)3-7-1-2-8-4-6(11)12/h5-6,9-12H,1-4H2. The van der Waals surface area contributed by atoms with E-state index < -0.39 is 0 Å². The third-order valence-corrected chi connectivity index (χ3v) is 1.50. The molecule has 0 amide bonds. The van der Waals surface area contributed by atoms with E-state index >= 15 is 0 Å². The van der Waals surface area contributed by atoms with Gasteiger partial charge in [0.05, 0.1) is 35.6 Å². The first-order chi connectivity index (χ1) is 5.63. The van der Waals surface area contributed by atoms with Crippen LogP contribution in [-0.4, -0.2) is 35.6 Å². The molecule has 2 nitrogen and oxygen atoms in total. The molecule has 0 saturated heterocycles. The summed E-state index contributed by atoms with van der Waals surface area (Å²) in [4.78, 5) is 0. The second-order valence-corrected chi connectivity index (χ2v) is 5.42. The Balaban J connectivity index is 2.91. The van der Waals surface area contributed by atoms with E-state index in [0.29, 0.717) is 26.4 Å². The van der Waals surface area contributed by atoms with Gasteiger partial charge in [-0.1, -0.05) is 0 Å². The average Bonchev–Trinajstić information content (AvgIpc) is 1.95. The summed E-state index contributed by atoms with van der Waals surface area (Å²) >= 11 is 16.1. The van der Waals surface area contributed by atoms with E-state index in [1.807, 2.05) is 0 Å². The molecule has 0 radical (unpaired) electrons. The van der Waals surface area contributed by atoms with Crippen molar-refractivity contribution in [1.82, 2.24) is 0 Å². The summed E-state index contributed by atoms with van der Waals surface area (Å²) in [5, 5.41) is 0. The van der Waals surface area contributed by atoms with E-state index in [9.17, 15) is 0 Å². The Bertz CT molecular complexity index is 87.5. The van der Waals surface area contributed by atoms with Crippen molar-refractivity contribution in [3.63, 3.8) is 0 Å². The molecule has 0 aliphatic heterocycles. The van der Waals surface area contributed by atoms with Crippen LogP contribution in [0.3, 0.4) is 0 Å². The van der Waals surface area contributed by atoms with Crippen LogP contribution < -0.4 is 0 Å². The van der Waals surface area contributed by atoms with Gasteiger partial charge in [0.2, 0.25) is 0 Å². The first kappa shape index (κ1) is 13.3. The van der Waals surface area contributed by atoms with E-state index in [2.05, 4.69) is 50.5 Å². The Morgan fingerprint density at radius 2 is 1.08 bits per heavy atom. The van der Waals surface area contributed by atoms with Crippen molar-refractivity contribution in [3.8, 4) is 0 Å². The topological polar surface area (TPSA) is 18.5 Å². The maximum Gasteiger partial charge on any atom is 0.0701 e. The summed E-state index contributed by atoms with van der Waals surface area (Å²) in [5.41, 5.74) is 0. The van der Waals surface area contributed by atoms with E-state index in [1.165, 1.54) is 0 Å². The van der Waals surface area contributed by atoms with E-state index in [0.717, 1.165) is 0 Å². The zero-order chi connectivity index (χ0) is 9.40. The lowest BCUT2D eigenvalue weighted by Gasteiger charge is -2.07. The van der Waals surface area contributed by atoms with E-state index in [1.54, 1.807) is 0 Å². The molecule has 0 rings (SSSR count). The minimum atomic E-state index is -0.0208. The molecular weight excluding hydrogens is 232 g/mol. The van der Waals surface area contributed by atoms with Crippen LogP contribution in [0, 0.1) is 0 Å². The van der Waals surface area contributed by atoms with Crippen LogP contribution in [0.2, 0.25) is 0 Å². The normalized spacial score (nSPS) is 11.5. The molecule has 0 N–H and O–H groups in total. The van der Waals surface area contributed by atoms with Crippen molar-refractivity contribution in [2.75, 3.05) is 26.4 Å². The van der Waals surface area contributed by atoms with Gasteiger partial charge in [0.1, 0.15) is 0 Å². The average molecular weight is 246 g/mol. The van der Waals surface area contributed by atoms with Crippen molar-refractivity contribution in [3.05, 3.63) is 0 Å². The van der Waals surface area contributed by atoms with Gasteiger partial charge in [-0.15, -0.1) is 0 Å². The highest BCUT2D eigenvalue weighted by Crippen LogP contribution is 2.01. The van der Waals surface area contributed by atoms with Gasteiger partial charge in [-0.3, -0.25) is 0 Å². The molecule has 0 spiro atoms. The monoisotopic (exact) mass is 246 g/mol. The predicted molar refractivity (Wildman–Crippen MR) is 65.2 cm³/mol. The van der Waals surface area contributed by atoms with Gasteiger partial charge in [-0.05, 0) is 0 Å². The summed E-state index contributed by atoms with van der Waals surface area (Å²) in [6, 6.07) is 0. The third-order valence-electron chi connectivity index (χ3n) is 0.906. The number of hydrogen-bond acceptors (Lipinski definition) is 6. The fourth-order valence-electron chi connectivity index (χ4n) is 0.495. The predicted octanol–water partition coefficient (Wildman–Crippen LogP) is 1.39. The fourth-order valence-corrected chi connectivity index (χ4v) is 0.917. The van der Waals surface area contributed by atoms with Crippen molar-refractivity contribution in [2.45, 2.75) is 9.16 Å². The van der Waals surface area contributed by atoms with Crippen LogP contribution in [-0.2, 0) is 9.47 Å². The molecular formula is C6H14O2S4. The van der Waals surface area contributed by atoms with Gasteiger partial charge in [-0.2, -0.15) is 50.5 Å². The van der Waals surface area contributed by atoms with Crippen LogP contribution in [0.1, 0.15) is 0 Å². The fraction of sp³-hybridized carbons (Fsp3) is 1.00. The maximum atomic E-state index is 5.15. The van der Waals surface area contributed by atoms with Crippen LogP contribution in [0.15, 0.2) is 0 Å². The Labute approximate surface area is 95.4 Å². The molecule has 12 heavy (non-hydrogen) atoms. The van der Waals surface area contributed by atoms with Gasteiger partial charge in [0.25, 0.3) is 0 Å². The smallest absolute Gasteiger partial charge is 0.0701 e. The molecule has 0 heterocycles. The van der Waals surface area contributed by atoms with Crippen molar-refractivity contribution in [1.29, 1.82) is 0 Å². The Kier molecular flexibility index (Phi) is 9.88. The molecule has 0 aliphatic rings. The van der Waals surface area contributed by atoms with Gasteiger partial charge in [-0.25, -0.2) is 0 Å². The lowest BCUT2D eigenvalue weighted by molar-refractivity contribution is 0.0576. The minimum absolute atomic E-state index is 0.0208. The Hall–Kier alpha value is 1.32. The van der Waals surface area contributed by atoms with Gasteiger partial charge in [0.15, 0.2) is 0 Å². The lowest BCUT2D eigenvalue weighted by Crippen LogP contribution is -2.11. The summed E-state index contributed by atoms with van der Waals surface area (Å²) < 4.78 is 10.3. The quantitative estimate of drug-likeness (QED) is 0.309. The zero-order valence-electron chi connectivity index (χ0n) is 6.59. The molecule has 0 aliphatic carbocycles.